The first-order chi connectivity index (χ1) is 8.68. The molecule has 98 valence electrons. The van der Waals surface area contributed by atoms with Crippen LogP contribution in [0.1, 0.15) is 37.0 Å². The van der Waals surface area contributed by atoms with Crippen LogP contribution in [0.3, 0.4) is 0 Å². The van der Waals surface area contributed by atoms with Gasteiger partial charge in [0.05, 0.1) is 0 Å². The molecule has 0 amide bonds. The highest BCUT2D eigenvalue weighted by Crippen LogP contribution is 2.20. The molecule has 1 N–H and O–H groups in total. The summed E-state index contributed by atoms with van der Waals surface area (Å²) in [6.07, 6.45) is 2.38. The quantitative estimate of drug-likeness (QED) is 0.660. The Morgan fingerprint density at radius 1 is 1.06 bits per heavy atom. The Bertz CT molecular complexity index is 406. The van der Waals surface area contributed by atoms with E-state index in [9.17, 15) is 9.59 Å². The van der Waals surface area contributed by atoms with Crippen LogP contribution in [0, 0.1) is 0 Å². The molecule has 0 bridgehead atoms. The standard InChI is InChI=1S/C12H13NO3.C2H6/c14-11(12(15)16)9-3-5-10(6-4-9)13-7-1-2-8-13;1-2/h3-6H,1-2,7-8H2,(H,15,16);1-2H3. The molecular formula is C14H19NO3. The van der Waals surface area contributed by atoms with E-state index in [0.29, 0.717) is 0 Å². The lowest BCUT2D eigenvalue weighted by molar-refractivity contribution is -0.131. The molecule has 1 aromatic carbocycles. The maximum Gasteiger partial charge on any atom is 0.377 e. The molecule has 4 nitrogen and oxygen atoms in total. The summed E-state index contributed by atoms with van der Waals surface area (Å²) in [7, 11) is 0. The predicted molar refractivity (Wildman–Crippen MR) is 71.2 cm³/mol. The molecular weight excluding hydrogens is 230 g/mol. The number of hydrogen-bond donors (Lipinski definition) is 1. The van der Waals surface area contributed by atoms with Gasteiger partial charge in [-0.3, -0.25) is 4.79 Å². The second-order valence-electron chi connectivity index (χ2n) is 3.88. The average Bonchev–Trinajstić information content (AvgIpc) is 2.94. The summed E-state index contributed by atoms with van der Waals surface area (Å²) in [6, 6.07) is 6.76. The van der Waals surface area contributed by atoms with Gasteiger partial charge in [0.15, 0.2) is 0 Å². The molecule has 0 spiro atoms. The summed E-state index contributed by atoms with van der Waals surface area (Å²) < 4.78 is 0. The van der Waals surface area contributed by atoms with E-state index in [1.54, 1.807) is 12.1 Å². The normalized spacial score (nSPS) is 13.8. The molecule has 0 aromatic heterocycles. The molecule has 18 heavy (non-hydrogen) atoms. The predicted octanol–water partition coefficient (Wildman–Crippen LogP) is 2.58. The van der Waals surface area contributed by atoms with Gasteiger partial charge in [0, 0.05) is 24.3 Å². The Morgan fingerprint density at radius 2 is 1.56 bits per heavy atom. The van der Waals surface area contributed by atoms with Gasteiger partial charge in [-0.25, -0.2) is 4.79 Å². The maximum atomic E-state index is 11.2. The van der Waals surface area contributed by atoms with E-state index in [1.807, 2.05) is 26.0 Å². The first kappa shape index (κ1) is 14.2. The van der Waals surface area contributed by atoms with E-state index in [1.165, 1.54) is 12.8 Å². The number of Topliss-reactive ketones (excluding diaryl/α,β-unsaturated/α-hetero) is 1. The molecule has 1 saturated heterocycles. The molecule has 0 atom stereocenters. The molecule has 0 saturated carbocycles. The second-order valence-corrected chi connectivity index (χ2v) is 3.88. The van der Waals surface area contributed by atoms with E-state index in [0.717, 1.165) is 18.8 Å². The fourth-order valence-corrected chi connectivity index (χ4v) is 1.92. The topological polar surface area (TPSA) is 57.6 Å². The Morgan fingerprint density at radius 3 is 2.00 bits per heavy atom. The third-order valence-corrected chi connectivity index (χ3v) is 2.79. The summed E-state index contributed by atoms with van der Waals surface area (Å²) in [5, 5.41) is 8.56. The average molecular weight is 249 g/mol. The highest BCUT2D eigenvalue weighted by atomic mass is 16.4. The summed E-state index contributed by atoms with van der Waals surface area (Å²) in [6.45, 7) is 6.07. The van der Waals surface area contributed by atoms with Gasteiger partial charge in [-0.1, -0.05) is 13.8 Å². The van der Waals surface area contributed by atoms with E-state index < -0.39 is 11.8 Å². The van der Waals surface area contributed by atoms with Crippen LogP contribution in [0.25, 0.3) is 0 Å². The SMILES string of the molecule is CC.O=C(O)C(=O)c1ccc(N2CCCC2)cc1. The Kier molecular flexibility index (Phi) is 5.36. The van der Waals surface area contributed by atoms with E-state index in [-0.39, 0.29) is 5.56 Å². The smallest absolute Gasteiger partial charge is 0.377 e. The zero-order valence-electron chi connectivity index (χ0n) is 10.8. The van der Waals surface area contributed by atoms with E-state index in [2.05, 4.69) is 4.90 Å². The molecule has 1 aliphatic rings. The molecule has 1 aliphatic heterocycles. The van der Waals surface area contributed by atoms with E-state index in [4.69, 9.17) is 5.11 Å². The monoisotopic (exact) mass is 249 g/mol. The number of carbonyl (C=O) groups excluding carboxylic acids is 1. The zero-order valence-corrected chi connectivity index (χ0v) is 10.8. The summed E-state index contributed by atoms with van der Waals surface area (Å²) in [5.41, 5.74) is 1.29. The van der Waals surface area contributed by atoms with Gasteiger partial charge < -0.3 is 10.0 Å². The van der Waals surface area contributed by atoms with Crippen LogP contribution >= 0.6 is 0 Å². The van der Waals surface area contributed by atoms with Gasteiger partial charge in [0.2, 0.25) is 0 Å². The summed E-state index contributed by atoms with van der Waals surface area (Å²) >= 11 is 0. The van der Waals surface area contributed by atoms with Gasteiger partial charge >= 0.3 is 5.97 Å². The first-order valence-electron chi connectivity index (χ1n) is 6.31. The Balaban J connectivity index is 0.000000771. The van der Waals surface area contributed by atoms with Crippen molar-refractivity contribution < 1.29 is 14.7 Å². The lowest BCUT2D eigenvalue weighted by atomic mass is 10.1. The number of benzene rings is 1. The number of ketones is 1. The van der Waals surface area contributed by atoms with Gasteiger partial charge in [-0.05, 0) is 37.1 Å². The maximum absolute atomic E-state index is 11.2. The van der Waals surface area contributed by atoms with Crippen molar-refractivity contribution in [2.45, 2.75) is 26.7 Å². The number of anilines is 1. The van der Waals surface area contributed by atoms with Crippen LogP contribution in [-0.2, 0) is 4.79 Å². The minimum atomic E-state index is -1.41. The molecule has 4 heteroatoms. The summed E-state index contributed by atoms with van der Waals surface area (Å²) in [4.78, 5) is 23.9. The van der Waals surface area contributed by atoms with Crippen LogP contribution < -0.4 is 4.90 Å². The van der Waals surface area contributed by atoms with Crippen molar-refractivity contribution in [3.63, 3.8) is 0 Å². The Hall–Kier alpha value is -1.84. The lowest BCUT2D eigenvalue weighted by Crippen LogP contribution is -2.18. The zero-order chi connectivity index (χ0) is 13.5. The minimum Gasteiger partial charge on any atom is -0.475 e. The first-order valence-corrected chi connectivity index (χ1v) is 6.31. The highest BCUT2D eigenvalue weighted by Gasteiger charge is 2.16. The van der Waals surface area contributed by atoms with Gasteiger partial charge in [-0.2, -0.15) is 0 Å². The minimum absolute atomic E-state index is 0.232. The number of carboxylic acid groups (broad SMARTS) is 1. The van der Waals surface area contributed by atoms with Crippen molar-refractivity contribution >= 4 is 17.4 Å². The third-order valence-electron chi connectivity index (χ3n) is 2.79. The van der Waals surface area contributed by atoms with E-state index >= 15 is 0 Å². The van der Waals surface area contributed by atoms with Gasteiger partial charge in [0.25, 0.3) is 5.78 Å². The van der Waals surface area contributed by atoms with Crippen LogP contribution in [-0.4, -0.2) is 29.9 Å². The number of hydrogen-bond acceptors (Lipinski definition) is 3. The van der Waals surface area contributed by atoms with Gasteiger partial charge in [0.1, 0.15) is 0 Å². The van der Waals surface area contributed by atoms with Crippen molar-refractivity contribution in [2.75, 3.05) is 18.0 Å². The third kappa shape index (κ3) is 3.32. The second kappa shape index (κ2) is 6.79. The summed E-state index contributed by atoms with van der Waals surface area (Å²) in [5.74, 6) is -2.26. The molecule has 0 unspecified atom stereocenters. The molecule has 1 fully saturated rings. The number of nitrogens with zero attached hydrogens (tertiary/aromatic N) is 1. The van der Waals surface area contributed by atoms with Crippen LogP contribution in [0.15, 0.2) is 24.3 Å². The van der Waals surface area contributed by atoms with Crippen LogP contribution in [0.2, 0.25) is 0 Å². The number of carboxylic acids is 1. The molecule has 0 radical (unpaired) electrons. The number of rotatable bonds is 3. The van der Waals surface area contributed by atoms with Gasteiger partial charge in [-0.15, -0.1) is 0 Å². The molecule has 2 rings (SSSR count). The van der Waals surface area contributed by atoms with Crippen molar-refractivity contribution in [1.29, 1.82) is 0 Å². The van der Waals surface area contributed by atoms with Crippen molar-refractivity contribution in [1.82, 2.24) is 0 Å². The van der Waals surface area contributed by atoms with Crippen molar-refractivity contribution in [2.24, 2.45) is 0 Å². The number of aliphatic carboxylic acids is 1. The molecule has 1 aromatic rings. The molecule has 1 heterocycles. The van der Waals surface area contributed by atoms with Crippen LogP contribution in [0.5, 0.6) is 0 Å². The largest absolute Gasteiger partial charge is 0.475 e. The van der Waals surface area contributed by atoms with Crippen molar-refractivity contribution in [3.05, 3.63) is 29.8 Å². The Labute approximate surface area is 107 Å². The van der Waals surface area contributed by atoms with Crippen LogP contribution in [0.4, 0.5) is 5.69 Å². The fraction of sp³-hybridized carbons (Fsp3) is 0.429. The lowest BCUT2D eigenvalue weighted by Gasteiger charge is -2.17. The molecule has 0 aliphatic carbocycles. The van der Waals surface area contributed by atoms with Crippen molar-refractivity contribution in [3.8, 4) is 0 Å². The highest BCUT2D eigenvalue weighted by molar-refractivity contribution is 6.39. The fourth-order valence-electron chi connectivity index (χ4n) is 1.92. The number of carbonyl (C=O) groups is 2.